The Morgan fingerprint density at radius 3 is 2.64 bits per heavy atom. The first-order chi connectivity index (χ1) is 10.3. The molecule has 1 saturated heterocycles. The van der Waals surface area contributed by atoms with E-state index in [-0.39, 0.29) is 16.5 Å². The smallest absolute Gasteiger partial charge is 0.410 e. The SMILES string of the molecule is CC(C)(C)OC(=O)N1CCC[C@@H]([S@](=O)c2ncc(Cl)cn2)C1. The molecule has 0 bridgehead atoms. The van der Waals surface area contributed by atoms with Gasteiger partial charge in [-0.3, -0.25) is 4.21 Å². The van der Waals surface area contributed by atoms with Gasteiger partial charge in [0.15, 0.2) is 0 Å². The zero-order chi connectivity index (χ0) is 16.3. The lowest BCUT2D eigenvalue weighted by Crippen LogP contribution is -2.46. The van der Waals surface area contributed by atoms with E-state index in [2.05, 4.69) is 9.97 Å². The molecule has 0 aromatic carbocycles. The second-order valence-electron chi connectivity index (χ2n) is 6.17. The van der Waals surface area contributed by atoms with Gasteiger partial charge in [-0.25, -0.2) is 14.8 Å². The zero-order valence-corrected chi connectivity index (χ0v) is 14.5. The van der Waals surface area contributed by atoms with Crippen molar-refractivity contribution >= 4 is 28.5 Å². The number of carbonyl (C=O) groups excluding carboxylic acids is 1. The van der Waals surface area contributed by atoms with Crippen molar-refractivity contribution in [2.45, 2.75) is 49.6 Å². The van der Waals surface area contributed by atoms with E-state index in [9.17, 15) is 9.00 Å². The van der Waals surface area contributed by atoms with Crippen LogP contribution in [-0.4, -0.2) is 49.1 Å². The van der Waals surface area contributed by atoms with Gasteiger partial charge in [-0.15, -0.1) is 0 Å². The van der Waals surface area contributed by atoms with Crippen molar-refractivity contribution in [2.75, 3.05) is 13.1 Å². The highest BCUT2D eigenvalue weighted by atomic mass is 35.5. The fraction of sp³-hybridized carbons (Fsp3) is 0.643. The summed E-state index contributed by atoms with van der Waals surface area (Å²) < 4.78 is 17.9. The minimum absolute atomic E-state index is 0.192. The van der Waals surface area contributed by atoms with Crippen LogP contribution in [-0.2, 0) is 15.5 Å². The summed E-state index contributed by atoms with van der Waals surface area (Å²) in [5, 5.41) is 0.461. The van der Waals surface area contributed by atoms with E-state index >= 15 is 0 Å². The first-order valence-corrected chi connectivity index (χ1v) is 8.71. The monoisotopic (exact) mass is 345 g/mol. The molecule has 1 aliphatic rings. The molecule has 0 unspecified atom stereocenters. The molecule has 1 aromatic heterocycles. The van der Waals surface area contributed by atoms with Gasteiger partial charge in [0.2, 0.25) is 5.16 Å². The number of piperidine rings is 1. The third-order valence-electron chi connectivity index (χ3n) is 3.11. The van der Waals surface area contributed by atoms with Crippen LogP contribution in [0.5, 0.6) is 0 Å². The topological polar surface area (TPSA) is 72.4 Å². The number of likely N-dealkylation sites (tertiary alicyclic amines) is 1. The summed E-state index contributed by atoms with van der Waals surface area (Å²) in [6.45, 7) is 6.47. The molecular formula is C14H20ClN3O3S. The second kappa shape index (κ2) is 6.91. The molecule has 0 N–H and O–H groups in total. The van der Waals surface area contributed by atoms with Gasteiger partial charge in [-0.2, -0.15) is 0 Å². The van der Waals surface area contributed by atoms with Crippen molar-refractivity contribution in [3.63, 3.8) is 0 Å². The lowest BCUT2D eigenvalue weighted by molar-refractivity contribution is 0.0219. The van der Waals surface area contributed by atoms with Crippen LogP contribution in [0.3, 0.4) is 0 Å². The normalized spacial score (nSPS) is 20.5. The maximum absolute atomic E-state index is 12.5. The van der Waals surface area contributed by atoms with Crippen LogP contribution in [0.25, 0.3) is 0 Å². The molecule has 1 aliphatic heterocycles. The predicted molar refractivity (Wildman–Crippen MR) is 84.3 cm³/mol. The summed E-state index contributed by atoms with van der Waals surface area (Å²) in [6, 6.07) is 0. The molecule has 1 fully saturated rings. The minimum Gasteiger partial charge on any atom is -0.444 e. The highest BCUT2D eigenvalue weighted by Crippen LogP contribution is 2.21. The Labute approximate surface area is 137 Å². The Bertz CT molecular complexity index is 559. The maximum atomic E-state index is 12.5. The lowest BCUT2D eigenvalue weighted by atomic mass is 10.1. The van der Waals surface area contributed by atoms with Gasteiger partial charge >= 0.3 is 6.09 Å². The summed E-state index contributed by atoms with van der Waals surface area (Å²) >= 11 is 5.73. The van der Waals surface area contributed by atoms with E-state index in [1.807, 2.05) is 20.8 Å². The molecular weight excluding hydrogens is 326 g/mol. The van der Waals surface area contributed by atoms with E-state index in [0.29, 0.717) is 18.1 Å². The maximum Gasteiger partial charge on any atom is 0.410 e. The van der Waals surface area contributed by atoms with Crippen LogP contribution in [0.1, 0.15) is 33.6 Å². The molecule has 2 atom stereocenters. The largest absolute Gasteiger partial charge is 0.444 e. The van der Waals surface area contributed by atoms with E-state index in [1.165, 1.54) is 12.4 Å². The molecule has 22 heavy (non-hydrogen) atoms. The van der Waals surface area contributed by atoms with E-state index in [4.69, 9.17) is 16.3 Å². The second-order valence-corrected chi connectivity index (χ2v) is 8.23. The Hall–Kier alpha value is -1.21. The van der Waals surface area contributed by atoms with Gasteiger partial charge in [0.1, 0.15) is 5.60 Å². The van der Waals surface area contributed by atoms with Gasteiger partial charge in [-0.05, 0) is 33.6 Å². The van der Waals surface area contributed by atoms with Crippen molar-refractivity contribution in [3.05, 3.63) is 17.4 Å². The summed E-state index contributed by atoms with van der Waals surface area (Å²) in [5.41, 5.74) is -0.539. The van der Waals surface area contributed by atoms with E-state index < -0.39 is 16.4 Å². The number of carbonyl (C=O) groups is 1. The number of amides is 1. The molecule has 6 nitrogen and oxygen atoms in total. The number of hydrogen-bond donors (Lipinski definition) is 0. The molecule has 2 rings (SSSR count). The summed E-state index contributed by atoms with van der Waals surface area (Å²) in [4.78, 5) is 21.7. The average molecular weight is 346 g/mol. The molecule has 0 spiro atoms. The van der Waals surface area contributed by atoms with Gasteiger partial charge in [-0.1, -0.05) is 11.6 Å². The van der Waals surface area contributed by atoms with Crippen molar-refractivity contribution in [1.29, 1.82) is 0 Å². The van der Waals surface area contributed by atoms with Gasteiger partial charge in [0.25, 0.3) is 0 Å². The number of nitrogens with zero attached hydrogens (tertiary/aromatic N) is 3. The van der Waals surface area contributed by atoms with Gasteiger partial charge in [0, 0.05) is 13.1 Å². The molecule has 1 aromatic rings. The molecule has 2 heterocycles. The van der Waals surface area contributed by atoms with Crippen LogP contribution in [0, 0.1) is 0 Å². The quantitative estimate of drug-likeness (QED) is 0.770. The third-order valence-corrected chi connectivity index (χ3v) is 4.87. The number of rotatable bonds is 2. The van der Waals surface area contributed by atoms with Crippen molar-refractivity contribution in [2.24, 2.45) is 0 Å². The van der Waals surface area contributed by atoms with E-state index in [1.54, 1.807) is 4.90 Å². The van der Waals surface area contributed by atoms with Crippen molar-refractivity contribution in [3.8, 4) is 0 Å². The molecule has 0 radical (unpaired) electrons. The minimum atomic E-state index is -1.37. The summed E-state index contributed by atoms with van der Waals surface area (Å²) in [5.74, 6) is 0. The zero-order valence-electron chi connectivity index (χ0n) is 12.9. The highest BCUT2D eigenvalue weighted by molar-refractivity contribution is 7.85. The predicted octanol–water partition coefficient (Wildman–Crippen LogP) is 2.64. The molecule has 8 heteroatoms. The average Bonchev–Trinajstić information content (AvgIpc) is 2.46. The Balaban J connectivity index is 2.02. The fourth-order valence-corrected chi connectivity index (χ4v) is 3.56. The lowest BCUT2D eigenvalue weighted by Gasteiger charge is -2.33. The van der Waals surface area contributed by atoms with Crippen LogP contribution in [0.15, 0.2) is 17.6 Å². The Kier molecular flexibility index (Phi) is 5.39. The van der Waals surface area contributed by atoms with Gasteiger partial charge < -0.3 is 9.64 Å². The van der Waals surface area contributed by atoms with Crippen LogP contribution < -0.4 is 0 Å². The van der Waals surface area contributed by atoms with E-state index in [0.717, 1.165) is 12.8 Å². The molecule has 0 aliphatic carbocycles. The van der Waals surface area contributed by atoms with Crippen LogP contribution >= 0.6 is 11.6 Å². The molecule has 122 valence electrons. The third kappa shape index (κ3) is 4.64. The van der Waals surface area contributed by atoms with Crippen molar-refractivity contribution < 1.29 is 13.7 Å². The first-order valence-electron chi connectivity index (χ1n) is 7.12. The Morgan fingerprint density at radius 2 is 2.05 bits per heavy atom. The van der Waals surface area contributed by atoms with Gasteiger partial charge in [0.05, 0.1) is 33.5 Å². The first kappa shape index (κ1) is 17.1. The number of hydrogen-bond acceptors (Lipinski definition) is 5. The number of aromatic nitrogens is 2. The summed E-state index contributed by atoms with van der Waals surface area (Å²) in [6.07, 6.45) is 4.03. The van der Waals surface area contributed by atoms with Crippen molar-refractivity contribution in [1.82, 2.24) is 14.9 Å². The number of ether oxygens (including phenoxy) is 1. The van der Waals surface area contributed by atoms with Crippen LogP contribution in [0.4, 0.5) is 4.79 Å². The molecule has 1 amide bonds. The fourth-order valence-electron chi connectivity index (χ4n) is 2.16. The standard InChI is InChI=1S/C14H20ClN3O3S/c1-14(2,3)21-13(19)18-6-4-5-11(9-18)22(20)12-16-7-10(15)8-17-12/h7-8,11H,4-6,9H2,1-3H3/t11-,22+/m1/s1. The summed E-state index contributed by atoms with van der Waals surface area (Å²) in [7, 11) is -1.37. The Morgan fingerprint density at radius 1 is 1.41 bits per heavy atom. The number of halogens is 1. The van der Waals surface area contributed by atoms with Crippen LogP contribution in [0.2, 0.25) is 5.02 Å². The molecule has 0 saturated carbocycles. The highest BCUT2D eigenvalue weighted by Gasteiger charge is 2.31.